The Morgan fingerprint density at radius 1 is 1.24 bits per heavy atom. The second kappa shape index (κ2) is 3.86. The summed E-state index contributed by atoms with van der Waals surface area (Å²) in [7, 11) is 0. The summed E-state index contributed by atoms with van der Waals surface area (Å²) in [6.45, 7) is 2.01. The molecule has 2 aromatic heterocycles. The summed E-state index contributed by atoms with van der Waals surface area (Å²) in [6, 6.07) is 9.73. The van der Waals surface area contributed by atoms with Crippen molar-refractivity contribution < 1.29 is 0 Å². The van der Waals surface area contributed by atoms with Crippen LogP contribution in [0.2, 0.25) is 5.02 Å². The lowest BCUT2D eigenvalue weighted by molar-refractivity contribution is 1.30. The number of hydrogen-bond acceptors (Lipinski definition) is 2. The molecule has 0 radical (unpaired) electrons. The van der Waals surface area contributed by atoms with Crippen LogP contribution in [-0.2, 0) is 0 Å². The Balaban J connectivity index is 2.20. The molecule has 3 aromatic rings. The van der Waals surface area contributed by atoms with Crippen molar-refractivity contribution in [3.8, 4) is 11.4 Å². The van der Waals surface area contributed by atoms with E-state index in [0.29, 0.717) is 10.7 Å². The molecular weight excluding hydrogens is 234 g/mol. The molecule has 3 nitrogen and oxygen atoms in total. The highest BCUT2D eigenvalue weighted by atomic mass is 35.5. The van der Waals surface area contributed by atoms with E-state index in [1.807, 2.05) is 37.3 Å². The van der Waals surface area contributed by atoms with Crippen molar-refractivity contribution in [2.75, 3.05) is 0 Å². The van der Waals surface area contributed by atoms with Crippen molar-refractivity contribution in [3.05, 3.63) is 47.1 Å². The first-order valence-electron chi connectivity index (χ1n) is 5.31. The average molecular weight is 244 g/mol. The van der Waals surface area contributed by atoms with Crippen molar-refractivity contribution >= 4 is 22.8 Å². The van der Waals surface area contributed by atoms with E-state index in [-0.39, 0.29) is 0 Å². The molecule has 1 aromatic carbocycles. The second-order valence-corrected chi connectivity index (χ2v) is 4.35. The first kappa shape index (κ1) is 10.3. The monoisotopic (exact) mass is 243 g/mol. The zero-order chi connectivity index (χ0) is 11.8. The molecule has 0 fully saturated rings. The van der Waals surface area contributed by atoms with Crippen molar-refractivity contribution in [3.63, 3.8) is 0 Å². The fourth-order valence-corrected chi connectivity index (χ4v) is 2.11. The number of halogens is 1. The minimum absolute atomic E-state index is 0.698. The number of imidazole rings is 1. The summed E-state index contributed by atoms with van der Waals surface area (Å²) < 4.78 is 0. The highest BCUT2D eigenvalue weighted by Crippen LogP contribution is 2.27. The van der Waals surface area contributed by atoms with Gasteiger partial charge in [0.25, 0.3) is 0 Å². The van der Waals surface area contributed by atoms with Crippen LogP contribution < -0.4 is 0 Å². The number of H-pyrrole nitrogens is 1. The molecule has 0 aliphatic rings. The van der Waals surface area contributed by atoms with Gasteiger partial charge in [-0.25, -0.2) is 9.97 Å². The second-order valence-electron chi connectivity index (χ2n) is 3.94. The average Bonchev–Trinajstić information content (AvgIpc) is 2.72. The Morgan fingerprint density at radius 3 is 2.88 bits per heavy atom. The molecule has 0 aliphatic carbocycles. The van der Waals surface area contributed by atoms with Crippen LogP contribution >= 0.6 is 11.6 Å². The fraction of sp³-hybridized carbons (Fsp3) is 0.0769. The Morgan fingerprint density at radius 2 is 2.12 bits per heavy atom. The van der Waals surface area contributed by atoms with Crippen molar-refractivity contribution in [1.82, 2.24) is 15.0 Å². The van der Waals surface area contributed by atoms with Crippen LogP contribution in [-0.4, -0.2) is 15.0 Å². The third-order valence-corrected chi connectivity index (χ3v) is 2.95. The Hall–Kier alpha value is -1.87. The zero-order valence-corrected chi connectivity index (χ0v) is 9.99. The molecule has 0 bridgehead atoms. The van der Waals surface area contributed by atoms with E-state index in [9.17, 15) is 0 Å². The van der Waals surface area contributed by atoms with Crippen molar-refractivity contribution in [2.24, 2.45) is 0 Å². The van der Waals surface area contributed by atoms with Gasteiger partial charge in [0.05, 0.1) is 10.5 Å². The molecule has 1 N–H and O–H groups in total. The van der Waals surface area contributed by atoms with Crippen LogP contribution in [0.5, 0.6) is 0 Å². The first-order chi connectivity index (χ1) is 8.24. The number of hydrogen-bond donors (Lipinski definition) is 1. The number of aryl methyl sites for hydroxylation is 1. The van der Waals surface area contributed by atoms with Crippen molar-refractivity contribution in [2.45, 2.75) is 6.92 Å². The molecule has 3 rings (SSSR count). The Kier molecular flexibility index (Phi) is 2.34. The Bertz CT molecular complexity index is 655. The van der Waals surface area contributed by atoms with Crippen LogP contribution in [0.4, 0.5) is 0 Å². The van der Waals surface area contributed by atoms with E-state index in [4.69, 9.17) is 11.6 Å². The van der Waals surface area contributed by atoms with Gasteiger partial charge in [0.1, 0.15) is 5.82 Å². The van der Waals surface area contributed by atoms with E-state index in [1.165, 1.54) is 0 Å². The predicted octanol–water partition coefficient (Wildman–Crippen LogP) is 3.59. The van der Waals surface area contributed by atoms with Gasteiger partial charge in [-0.2, -0.15) is 0 Å². The quantitative estimate of drug-likeness (QED) is 0.710. The van der Waals surface area contributed by atoms with E-state index < -0.39 is 0 Å². The minimum Gasteiger partial charge on any atom is -0.337 e. The van der Waals surface area contributed by atoms with Gasteiger partial charge in [-0.1, -0.05) is 17.7 Å². The molecule has 2 heterocycles. The van der Waals surface area contributed by atoms with Gasteiger partial charge in [0.2, 0.25) is 0 Å². The smallest absolute Gasteiger partial charge is 0.178 e. The molecule has 84 valence electrons. The fourth-order valence-electron chi connectivity index (χ4n) is 1.78. The molecule has 0 aliphatic heterocycles. The largest absolute Gasteiger partial charge is 0.337 e. The first-order valence-corrected chi connectivity index (χ1v) is 5.69. The maximum atomic E-state index is 6.21. The predicted molar refractivity (Wildman–Crippen MR) is 69.1 cm³/mol. The van der Waals surface area contributed by atoms with Gasteiger partial charge in [0, 0.05) is 11.8 Å². The standard InChI is InChI=1S/C13H10ClN3/c1-8-4-5-9(10(14)7-8)12-16-11-3-2-6-15-13(11)17-12/h2-7H,1H3,(H,15,16,17). The molecule has 0 saturated heterocycles. The lowest BCUT2D eigenvalue weighted by Crippen LogP contribution is -1.83. The molecule has 0 saturated carbocycles. The van der Waals surface area contributed by atoms with Gasteiger partial charge >= 0.3 is 0 Å². The van der Waals surface area contributed by atoms with Crippen LogP contribution in [0.3, 0.4) is 0 Å². The van der Waals surface area contributed by atoms with Crippen LogP contribution in [0, 0.1) is 6.92 Å². The van der Waals surface area contributed by atoms with Gasteiger partial charge in [-0.15, -0.1) is 0 Å². The normalized spacial score (nSPS) is 10.9. The number of aromatic nitrogens is 3. The van der Waals surface area contributed by atoms with E-state index in [0.717, 1.165) is 22.5 Å². The highest BCUT2D eigenvalue weighted by molar-refractivity contribution is 6.33. The Labute approximate surface area is 103 Å². The van der Waals surface area contributed by atoms with Gasteiger partial charge < -0.3 is 4.98 Å². The van der Waals surface area contributed by atoms with Crippen LogP contribution in [0.25, 0.3) is 22.6 Å². The minimum atomic E-state index is 0.698. The molecule has 4 heteroatoms. The molecule has 0 atom stereocenters. The van der Waals surface area contributed by atoms with E-state index in [2.05, 4.69) is 15.0 Å². The topological polar surface area (TPSA) is 41.6 Å². The summed E-state index contributed by atoms with van der Waals surface area (Å²) >= 11 is 6.21. The van der Waals surface area contributed by atoms with E-state index >= 15 is 0 Å². The van der Waals surface area contributed by atoms with Gasteiger partial charge in [0.15, 0.2) is 5.65 Å². The van der Waals surface area contributed by atoms with Crippen LogP contribution in [0.1, 0.15) is 5.56 Å². The third-order valence-electron chi connectivity index (χ3n) is 2.64. The lowest BCUT2D eigenvalue weighted by Gasteiger charge is -2.01. The third kappa shape index (κ3) is 1.78. The molecule has 0 amide bonds. The van der Waals surface area contributed by atoms with Gasteiger partial charge in [-0.3, -0.25) is 0 Å². The summed E-state index contributed by atoms with van der Waals surface area (Å²) in [4.78, 5) is 11.8. The molecule has 17 heavy (non-hydrogen) atoms. The molecule has 0 unspecified atom stereocenters. The number of aromatic amines is 1. The van der Waals surface area contributed by atoms with Gasteiger partial charge in [-0.05, 0) is 36.8 Å². The number of nitrogens with one attached hydrogen (secondary N) is 1. The maximum Gasteiger partial charge on any atom is 0.178 e. The lowest BCUT2D eigenvalue weighted by atomic mass is 10.1. The molecular formula is C13H10ClN3. The summed E-state index contributed by atoms with van der Waals surface area (Å²) in [6.07, 6.45) is 1.73. The highest BCUT2D eigenvalue weighted by Gasteiger charge is 2.08. The molecule has 0 spiro atoms. The summed E-state index contributed by atoms with van der Waals surface area (Å²) in [5.74, 6) is 0.753. The SMILES string of the molecule is Cc1ccc(-c2nc3ncccc3[nH]2)c(Cl)c1. The van der Waals surface area contributed by atoms with Crippen LogP contribution in [0.15, 0.2) is 36.5 Å². The number of pyridine rings is 1. The zero-order valence-electron chi connectivity index (χ0n) is 9.24. The summed E-state index contributed by atoms with van der Waals surface area (Å²) in [5, 5.41) is 0.698. The van der Waals surface area contributed by atoms with Crippen molar-refractivity contribution in [1.29, 1.82) is 0 Å². The number of benzene rings is 1. The van der Waals surface area contributed by atoms with E-state index in [1.54, 1.807) is 6.20 Å². The number of fused-ring (bicyclic) bond motifs is 1. The summed E-state index contributed by atoms with van der Waals surface area (Å²) in [5.41, 5.74) is 3.65. The maximum absolute atomic E-state index is 6.21. The number of nitrogens with zero attached hydrogens (tertiary/aromatic N) is 2. The number of rotatable bonds is 1.